The standard InChI is InChI=1S/C9H18N4O/c1-7(11-12-9(10)14)8-4-3-5-13(2)6-8/h8H,3-6H2,1-2H3,(H3,10,12,14)/b11-7+. The Hall–Kier alpha value is -1.10. The Balaban J connectivity index is 2.46. The van der Waals surface area contributed by atoms with Gasteiger partial charge in [0.05, 0.1) is 0 Å². The number of hydrogen-bond acceptors (Lipinski definition) is 3. The lowest BCUT2D eigenvalue weighted by Crippen LogP contribution is -2.36. The van der Waals surface area contributed by atoms with Crippen LogP contribution in [-0.4, -0.2) is 36.8 Å². The molecule has 5 heteroatoms. The molecular formula is C9H18N4O. The second-order valence-corrected chi connectivity index (χ2v) is 3.83. The van der Waals surface area contributed by atoms with Gasteiger partial charge in [-0.2, -0.15) is 5.10 Å². The van der Waals surface area contributed by atoms with Crippen LogP contribution in [0.4, 0.5) is 4.79 Å². The first-order valence-electron chi connectivity index (χ1n) is 4.87. The molecular weight excluding hydrogens is 180 g/mol. The summed E-state index contributed by atoms with van der Waals surface area (Å²) in [6, 6.07) is -0.603. The van der Waals surface area contributed by atoms with Crippen LogP contribution < -0.4 is 11.2 Å². The Kier molecular flexibility index (Phi) is 3.88. The van der Waals surface area contributed by atoms with Crippen molar-refractivity contribution in [1.82, 2.24) is 10.3 Å². The maximum Gasteiger partial charge on any atom is 0.332 e. The summed E-state index contributed by atoms with van der Waals surface area (Å²) in [6.45, 7) is 4.09. The van der Waals surface area contributed by atoms with Crippen LogP contribution in [0, 0.1) is 5.92 Å². The Bertz CT molecular complexity index is 239. The van der Waals surface area contributed by atoms with Crippen molar-refractivity contribution >= 4 is 11.7 Å². The van der Waals surface area contributed by atoms with Gasteiger partial charge in [-0.15, -0.1) is 0 Å². The summed E-state index contributed by atoms with van der Waals surface area (Å²) in [6.07, 6.45) is 2.32. The number of nitrogens with two attached hydrogens (primary N) is 1. The van der Waals surface area contributed by atoms with Crippen molar-refractivity contribution in [3.63, 3.8) is 0 Å². The van der Waals surface area contributed by atoms with E-state index in [-0.39, 0.29) is 0 Å². The van der Waals surface area contributed by atoms with Gasteiger partial charge in [0.25, 0.3) is 0 Å². The summed E-state index contributed by atoms with van der Waals surface area (Å²) >= 11 is 0. The normalized spacial score (nSPS) is 24.7. The zero-order valence-corrected chi connectivity index (χ0v) is 8.79. The van der Waals surface area contributed by atoms with Crippen LogP contribution in [0.15, 0.2) is 5.10 Å². The highest BCUT2D eigenvalue weighted by Crippen LogP contribution is 2.16. The Labute approximate surface area is 84.3 Å². The van der Waals surface area contributed by atoms with Gasteiger partial charge in [0, 0.05) is 18.2 Å². The van der Waals surface area contributed by atoms with E-state index in [0.717, 1.165) is 25.2 Å². The number of urea groups is 1. The molecule has 1 fully saturated rings. The predicted molar refractivity (Wildman–Crippen MR) is 56.0 cm³/mol. The van der Waals surface area contributed by atoms with E-state index >= 15 is 0 Å². The average Bonchev–Trinajstić information content (AvgIpc) is 2.14. The molecule has 1 aliphatic heterocycles. The smallest absolute Gasteiger partial charge is 0.332 e. The molecule has 2 amide bonds. The number of nitrogens with zero attached hydrogens (tertiary/aromatic N) is 2. The van der Waals surface area contributed by atoms with Crippen LogP contribution in [0.25, 0.3) is 0 Å². The lowest BCUT2D eigenvalue weighted by molar-refractivity contribution is 0.244. The van der Waals surface area contributed by atoms with Gasteiger partial charge in [-0.3, -0.25) is 0 Å². The van der Waals surface area contributed by atoms with Crippen LogP contribution in [0.2, 0.25) is 0 Å². The lowest BCUT2D eigenvalue weighted by atomic mass is 9.94. The molecule has 1 saturated heterocycles. The molecule has 14 heavy (non-hydrogen) atoms. The number of carbonyl (C=O) groups is 1. The first-order chi connectivity index (χ1) is 6.59. The van der Waals surface area contributed by atoms with Gasteiger partial charge in [-0.25, -0.2) is 10.2 Å². The first-order valence-corrected chi connectivity index (χ1v) is 4.87. The van der Waals surface area contributed by atoms with Crippen molar-refractivity contribution < 1.29 is 4.79 Å². The fraction of sp³-hybridized carbons (Fsp3) is 0.778. The van der Waals surface area contributed by atoms with Crippen molar-refractivity contribution in [3.8, 4) is 0 Å². The molecule has 0 aromatic rings. The Morgan fingerprint density at radius 2 is 2.36 bits per heavy atom. The molecule has 0 aromatic heterocycles. The predicted octanol–water partition coefficient (Wildman–Crippen LogP) is 0.372. The van der Waals surface area contributed by atoms with Crippen LogP contribution in [0.1, 0.15) is 19.8 Å². The molecule has 0 aromatic carbocycles. The maximum atomic E-state index is 10.4. The number of amides is 2. The molecule has 1 aliphatic rings. The molecule has 1 rings (SSSR count). The molecule has 1 heterocycles. The number of primary amides is 1. The zero-order valence-electron chi connectivity index (χ0n) is 8.79. The van der Waals surface area contributed by atoms with Crippen LogP contribution in [0.3, 0.4) is 0 Å². The summed E-state index contributed by atoms with van der Waals surface area (Å²) < 4.78 is 0. The van der Waals surface area contributed by atoms with Crippen molar-refractivity contribution in [2.45, 2.75) is 19.8 Å². The number of likely N-dealkylation sites (tertiary alicyclic amines) is 1. The van der Waals surface area contributed by atoms with Crippen LogP contribution >= 0.6 is 0 Å². The molecule has 1 atom stereocenters. The fourth-order valence-corrected chi connectivity index (χ4v) is 1.74. The van der Waals surface area contributed by atoms with Crippen molar-refractivity contribution in [3.05, 3.63) is 0 Å². The van der Waals surface area contributed by atoms with E-state index in [2.05, 4.69) is 22.5 Å². The minimum atomic E-state index is -0.603. The van der Waals surface area contributed by atoms with E-state index in [4.69, 9.17) is 5.73 Å². The molecule has 1 unspecified atom stereocenters. The molecule has 0 aliphatic carbocycles. The van der Waals surface area contributed by atoms with E-state index < -0.39 is 6.03 Å². The summed E-state index contributed by atoms with van der Waals surface area (Å²) in [5.74, 6) is 0.445. The van der Waals surface area contributed by atoms with Gasteiger partial charge >= 0.3 is 6.03 Å². The van der Waals surface area contributed by atoms with E-state index in [1.54, 1.807) is 0 Å². The van der Waals surface area contributed by atoms with Gasteiger partial charge in [0.2, 0.25) is 0 Å². The highest BCUT2D eigenvalue weighted by Gasteiger charge is 2.19. The summed E-state index contributed by atoms with van der Waals surface area (Å²) in [5.41, 5.74) is 8.15. The number of piperidine rings is 1. The van der Waals surface area contributed by atoms with Crippen LogP contribution in [-0.2, 0) is 0 Å². The van der Waals surface area contributed by atoms with Gasteiger partial charge < -0.3 is 10.6 Å². The monoisotopic (exact) mass is 198 g/mol. The fourth-order valence-electron chi connectivity index (χ4n) is 1.74. The molecule has 80 valence electrons. The van der Waals surface area contributed by atoms with Crippen molar-refractivity contribution in [2.24, 2.45) is 16.8 Å². The molecule has 3 N–H and O–H groups in total. The number of rotatable bonds is 2. The molecule has 0 spiro atoms. The zero-order chi connectivity index (χ0) is 10.6. The van der Waals surface area contributed by atoms with Gasteiger partial charge in [0.15, 0.2) is 0 Å². The molecule has 5 nitrogen and oxygen atoms in total. The second-order valence-electron chi connectivity index (χ2n) is 3.83. The van der Waals surface area contributed by atoms with Gasteiger partial charge in [0.1, 0.15) is 0 Å². The minimum absolute atomic E-state index is 0.445. The highest BCUT2D eigenvalue weighted by atomic mass is 16.2. The number of hydrogen-bond donors (Lipinski definition) is 2. The lowest BCUT2D eigenvalue weighted by Gasteiger charge is -2.29. The molecule has 0 bridgehead atoms. The van der Waals surface area contributed by atoms with Crippen molar-refractivity contribution in [2.75, 3.05) is 20.1 Å². The van der Waals surface area contributed by atoms with E-state index in [1.807, 2.05) is 6.92 Å². The Morgan fingerprint density at radius 3 is 2.93 bits per heavy atom. The number of nitrogens with one attached hydrogen (secondary N) is 1. The average molecular weight is 198 g/mol. The topological polar surface area (TPSA) is 70.7 Å². The second kappa shape index (κ2) is 4.95. The number of carbonyl (C=O) groups excluding carboxylic acids is 1. The number of hydrazone groups is 1. The molecule has 0 radical (unpaired) electrons. The third kappa shape index (κ3) is 3.33. The maximum absolute atomic E-state index is 10.4. The SMILES string of the molecule is C/C(=N\NC(N)=O)C1CCCN(C)C1. The molecule has 0 saturated carbocycles. The largest absolute Gasteiger partial charge is 0.350 e. The van der Waals surface area contributed by atoms with Crippen LogP contribution in [0.5, 0.6) is 0 Å². The third-order valence-electron chi connectivity index (χ3n) is 2.56. The minimum Gasteiger partial charge on any atom is -0.350 e. The first kappa shape index (κ1) is 11.0. The highest BCUT2D eigenvalue weighted by molar-refractivity contribution is 5.86. The Morgan fingerprint density at radius 1 is 1.64 bits per heavy atom. The summed E-state index contributed by atoms with van der Waals surface area (Å²) in [5, 5.41) is 3.95. The quantitative estimate of drug-likeness (QED) is 0.497. The van der Waals surface area contributed by atoms with Crippen molar-refractivity contribution in [1.29, 1.82) is 0 Å². The van der Waals surface area contributed by atoms with E-state index in [1.165, 1.54) is 6.42 Å². The summed E-state index contributed by atoms with van der Waals surface area (Å²) in [4.78, 5) is 12.7. The van der Waals surface area contributed by atoms with Gasteiger partial charge in [-0.05, 0) is 33.4 Å². The van der Waals surface area contributed by atoms with E-state index in [0.29, 0.717) is 5.92 Å². The van der Waals surface area contributed by atoms with Gasteiger partial charge in [-0.1, -0.05) is 0 Å². The summed E-state index contributed by atoms with van der Waals surface area (Å²) in [7, 11) is 2.10. The third-order valence-corrected chi connectivity index (χ3v) is 2.56. The van der Waals surface area contributed by atoms with E-state index in [9.17, 15) is 4.79 Å².